The van der Waals surface area contributed by atoms with E-state index in [-0.39, 0.29) is 0 Å². The molecule has 0 unspecified atom stereocenters. The van der Waals surface area contributed by atoms with Gasteiger partial charge in [0.1, 0.15) is 21.3 Å². The largest absolute Gasteiger partial charge is 0.444 e. The second kappa shape index (κ2) is 9.79. The minimum atomic E-state index is -0.497. The summed E-state index contributed by atoms with van der Waals surface area (Å²) >= 11 is 14.9. The molecule has 4 aromatic heterocycles. The number of aromatic nitrogens is 2. The molecule has 4 heterocycles. The highest BCUT2D eigenvalue weighted by Gasteiger charge is 2.15. The molecule has 10 heteroatoms. The first-order valence-electron chi connectivity index (χ1n) is 9.07. The Morgan fingerprint density at radius 3 is 2.26 bits per heavy atom. The van der Waals surface area contributed by atoms with E-state index in [2.05, 4.69) is 15.3 Å². The van der Waals surface area contributed by atoms with Crippen LogP contribution in [0, 0.1) is 11.3 Å². The number of nitriles is 1. The van der Waals surface area contributed by atoms with Crippen LogP contribution < -0.4 is 5.32 Å². The van der Waals surface area contributed by atoms with E-state index in [0.717, 1.165) is 26.0 Å². The summed E-state index contributed by atoms with van der Waals surface area (Å²) in [7, 11) is 0. The Morgan fingerprint density at radius 2 is 1.68 bits per heavy atom. The first-order valence-corrected chi connectivity index (χ1v) is 11.6. The number of carbonyl (C=O) groups is 1. The molecule has 0 aliphatic rings. The first-order chi connectivity index (χ1) is 14.7. The third kappa shape index (κ3) is 6.28. The number of pyridine rings is 2. The van der Waals surface area contributed by atoms with E-state index in [9.17, 15) is 4.79 Å². The van der Waals surface area contributed by atoms with Crippen LogP contribution in [0.5, 0.6) is 0 Å². The number of hydrogen-bond acceptors (Lipinski definition) is 7. The van der Waals surface area contributed by atoms with Crippen molar-refractivity contribution in [3.8, 4) is 6.07 Å². The van der Waals surface area contributed by atoms with Crippen molar-refractivity contribution in [1.82, 2.24) is 15.3 Å². The lowest BCUT2D eigenvalue weighted by Gasteiger charge is -2.19. The number of hydrogen-bond donors (Lipinski definition) is 1. The number of fused-ring (bicyclic) bond motifs is 2. The number of carbonyl (C=O) groups excluding carboxylic acids is 1. The van der Waals surface area contributed by atoms with E-state index in [0.29, 0.717) is 22.2 Å². The zero-order valence-electron chi connectivity index (χ0n) is 16.9. The van der Waals surface area contributed by atoms with E-state index in [1.807, 2.05) is 43.7 Å². The van der Waals surface area contributed by atoms with Crippen molar-refractivity contribution in [3.05, 3.63) is 56.5 Å². The lowest BCUT2D eigenvalue weighted by Crippen LogP contribution is -2.32. The Balaban J connectivity index is 0.000000194. The summed E-state index contributed by atoms with van der Waals surface area (Å²) in [6.45, 7) is 5.84. The van der Waals surface area contributed by atoms with Crippen LogP contribution in [0.2, 0.25) is 10.0 Å². The van der Waals surface area contributed by atoms with E-state index in [1.165, 1.54) is 22.7 Å². The highest BCUT2D eigenvalue weighted by molar-refractivity contribution is 7.17. The van der Waals surface area contributed by atoms with Gasteiger partial charge in [0.25, 0.3) is 0 Å². The van der Waals surface area contributed by atoms with Gasteiger partial charge >= 0.3 is 6.09 Å². The molecule has 1 amide bonds. The summed E-state index contributed by atoms with van der Waals surface area (Å²) in [5.74, 6) is 0. The van der Waals surface area contributed by atoms with Gasteiger partial charge in [0.05, 0.1) is 15.6 Å². The Labute approximate surface area is 197 Å². The van der Waals surface area contributed by atoms with Crippen molar-refractivity contribution in [1.29, 1.82) is 5.26 Å². The SMILES string of the molecule is CC(C)(C)OC(=O)NCc1cnc2scc(Cl)c2c1.N#Cc1cnc2scc(Cl)c2c1. The van der Waals surface area contributed by atoms with Crippen LogP contribution in [-0.2, 0) is 11.3 Å². The van der Waals surface area contributed by atoms with Gasteiger partial charge in [-0.3, -0.25) is 0 Å². The van der Waals surface area contributed by atoms with Gasteiger partial charge < -0.3 is 10.1 Å². The smallest absolute Gasteiger partial charge is 0.407 e. The van der Waals surface area contributed by atoms with Gasteiger partial charge in [0.15, 0.2) is 0 Å². The molecule has 0 spiro atoms. The predicted octanol–water partition coefficient (Wildman–Crippen LogP) is 6.80. The standard InChI is InChI=1S/C13H15ClN2O2S.C8H3ClN2S/c1-13(2,3)18-12(17)16-6-8-4-9-10(14)7-19-11(9)15-5-8;9-7-4-12-8-6(7)1-5(2-10)3-11-8/h4-5,7H,6H2,1-3H3,(H,16,17);1,3-4H. The molecule has 0 fully saturated rings. The molecule has 4 rings (SSSR count). The normalized spacial score (nSPS) is 11.0. The molecule has 6 nitrogen and oxygen atoms in total. The predicted molar refractivity (Wildman–Crippen MR) is 127 cm³/mol. The molecule has 0 radical (unpaired) electrons. The lowest BCUT2D eigenvalue weighted by molar-refractivity contribution is 0.0523. The van der Waals surface area contributed by atoms with Gasteiger partial charge in [0.2, 0.25) is 0 Å². The van der Waals surface area contributed by atoms with Crippen molar-refractivity contribution in [3.63, 3.8) is 0 Å². The lowest BCUT2D eigenvalue weighted by atomic mass is 10.2. The zero-order valence-corrected chi connectivity index (χ0v) is 20.0. The quantitative estimate of drug-likeness (QED) is 0.332. The van der Waals surface area contributed by atoms with Gasteiger partial charge in [-0.2, -0.15) is 5.26 Å². The molecule has 0 aliphatic heterocycles. The number of thiophene rings is 2. The average molecular weight is 493 g/mol. The maximum atomic E-state index is 11.5. The summed E-state index contributed by atoms with van der Waals surface area (Å²) in [6, 6.07) is 5.70. The zero-order chi connectivity index (χ0) is 22.6. The Kier molecular flexibility index (Phi) is 7.34. The molecular weight excluding hydrogens is 475 g/mol. The molecule has 0 atom stereocenters. The Hall–Kier alpha value is -2.44. The number of nitrogens with zero attached hydrogens (tertiary/aromatic N) is 3. The number of nitrogens with one attached hydrogen (secondary N) is 1. The van der Waals surface area contributed by atoms with Crippen LogP contribution in [0.3, 0.4) is 0 Å². The maximum Gasteiger partial charge on any atom is 0.407 e. The van der Waals surface area contributed by atoms with Crippen molar-refractivity contribution in [2.75, 3.05) is 0 Å². The molecular formula is C21H18Cl2N4O2S2. The molecule has 31 heavy (non-hydrogen) atoms. The monoisotopic (exact) mass is 492 g/mol. The molecule has 160 valence electrons. The summed E-state index contributed by atoms with van der Waals surface area (Å²) in [4.78, 5) is 21.7. The van der Waals surface area contributed by atoms with Crippen LogP contribution in [0.1, 0.15) is 31.9 Å². The van der Waals surface area contributed by atoms with Crippen LogP contribution in [0.25, 0.3) is 20.4 Å². The number of halogens is 2. The van der Waals surface area contributed by atoms with Gasteiger partial charge in [-0.05, 0) is 38.5 Å². The summed E-state index contributed by atoms with van der Waals surface area (Å²) < 4.78 is 5.16. The fraction of sp³-hybridized carbons (Fsp3) is 0.238. The van der Waals surface area contributed by atoms with Gasteiger partial charge in [-0.15, -0.1) is 22.7 Å². The fourth-order valence-corrected chi connectivity index (χ4v) is 4.64. The maximum absolute atomic E-state index is 11.5. The van der Waals surface area contributed by atoms with E-state index in [1.54, 1.807) is 18.5 Å². The molecule has 0 saturated carbocycles. The Morgan fingerprint density at radius 1 is 1.10 bits per heavy atom. The van der Waals surface area contributed by atoms with Gasteiger partial charge in [-0.1, -0.05) is 23.2 Å². The van der Waals surface area contributed by atoms with Crippen LogP contribution in [-0.4, -0.2) is 21.7 Å². The number of ether oxygens (including phenoxy) is 1. The minimum Gasteiger partial charge on any atom is -0.444 e. The molecule has 0 saturated heterocycles. The average Bonchev–Trinajstić information content (AvgIpc) is 3.28. The molecule has 0 aromatic carbocycles. The summed E-state index contributed by atoms with van der Waals surface area (Å²) in [5, 5.41) is 18.1. The number of alkyl carbamates (subject to hydrolysis) is 1. The molecule has 0 bridgehead atoms. The van der Waals surface area contributed by atoms with E-state index in [4.69, 9.17) is 33.2 Å². The van der Waals surface area contributed by atoms with Crippen molar-refractivity contribution in [2.45, 2.75) is 32.9 Å². The fourth-order valence-electron chi connectivity index (χ4n) is 2.47. The third-order valence-electron chi connectivity index (χ3n) is 3.79. The van der Waals surface area contributed by atoms with Crippen LogP contribution >= 0.6 is 45.9 Å². The van der Waals surface area contributed by atoms with E-state index < -0.39 is 11.7 Å². The number of amides is 1. The van der Waals surface area contributed by atoms with Gasteiger partial charge in [-0.25, -0.2) is 14.8 Å². The van der Waals surface area contributed by atoms with Crippen molar-refractivity contribution < 1.29 is 9.53 Å². The Bertz CT molecular complexity index is 1270. The number of rotatable bonds is 2. The summed E-state index contributed by atoms with van der Waals surface area (Å²) in [5.41, 5.74) is 0.935. The second-order valence-corrected chi connectivity index (χ2v) is 9.94. The molecule has 0 aliphatic carbocycles. The molecule has 1 N–H and O–H groups in total. The first kappa shape index (κ1) is 23.2. The van der Waals surface area contributed by atoms with Crippen LogP contribution in [0.4, 0.5) is 4.79 Å². The third-order valence-corrected chi connectivity index (χ3v) is 6.47. The second-order valence-electron chi connectivity index (χ2n) is 7.41. The minimum absolute atomic E-state index is 0.365. The van der Waals surface area contributed by atoms with Crippen molar-refractivity contribution in [2.24, 2.45) is 0 Å². The highest BCUT2D eigenvalue weighted by Crippen LogP contribution is 2.29. The van der Waals surface area contributed by atoms with Crippen molar-refractivity contribution >= 4 is 72.4 Å². The summed E-state index contributed by atoms with van der Waals surface area (Å²) in [6.07, 6.45) is 2.84. The topological polar surface area (TPSA) is 87.9 Å². The van der Waals surface area contributed by atoms with E-state index >= 15 is 0 Å². The molecule has 4 aromatic rings. The van der Waals surface area contributed by atoms with Gasteiger partial charge in [0, 0.05) is 40.5 Å². The van der Waals surface area contributed by atoms with Crippen LogP contribution in [0.15, 0.2) is 35.3 Å². The highest BCUT2D eigenvalue weighted by atomic mass is 35.5.